The first-order valence-corrected chi connectivity index (χ1v) is 7.43. The van der Waals surface area contributed by atoms with Crippen molar-refractivity contribution >= 4 is 22.0 Å². The topological polar surface area (TPSA) is 38.3 Å². The number of amides is 1. The van der Waals surface area contributed by atoms with Gasteiger partial charge in [-0.15, -0.1) is 0 Å². The lowest BCUT2D eigenvalue weighted by atomic mass is 10.1. The predicted octanol–water partition coefficient (Wildman–Crippen LogP) is 4.20. The molecule has 116 valence electrons. The molecule has 0 heterocycles. The number of benzene rings is 2. The number of carbonyl (C=O) groups is 1. The second-order valence-corrected chi connectivity index (χ2v) is 5.45. The van der Waals surface area contributed by atoms with Crippen LogP contribution in [0.15, 0.2) is 46.9 Å². The van der Waals surface area contributed by atoms with E-state index < -0.39 is 17.7 Å². The van der Waals surface area contributed by atoms with E-state index in [0.717, 1.165) is 17.7 Å². The van der Waals surface area contributed by atoms with Crippen LogP contribution in [0.4, 0.5) is 13.6 Å². The largest absolute Gasteiger partial charge is 0.445 e. The van der Waals surface area contributed by atoms with E-state index in [0.29, 0.717) is 0 Å². The number of halogens is 3. The molecule has 2 rings (SSSR count). The van der Waals surface area contributed by atoms with E-state index in [4.69, 9.17) is 4.74 Å². The Morgan fingerprint density at radius 2 is 1.86 bits per heavy atom. The minimum atomic E-state index is -0.596. The summed E-state index contributed by atoms with van der Waals surface area (Å²) in [6.45, 7) is 0.319. The van der Waals surface area contributed by atoms with E-state index in [1.807, 2.05) is 30.3 Å². The van der Waals surface area contributed by atoms with Crippen molar-refractivity contribution in [1.82, 2.24) is 5.32 Å². The highest BCUT2D eigenvalue weighted by Gasteiger charge is 2.09. The SMILES string of the molecule is O=C(NCCc1cc(F)c(Br)cc1F)OCc1ccccc1. The first-order chi connectivity index (χ1) is 10.6. The molecular formula is C16H14BrF2NO2. The van der Waals surface area contributed by atoms with Crippen molar-refractivity contribution in [3.8, 4) is 0 Å². The Labute approximate surface area is 135 Å². The summed E-state index contributed by atoms with van der Waals surface area (Å²) >= 11 is 2.91. The number of rotatable bonds is 5. The highest BCUT2D eigenvalue weighted by atomic mass is 79.9. The average molecular weight is 370 g/mol. The van der Waals surface area contributed by atoms with E-state index >= 15 is 0 Å². The monoisotopic (exact) mass is 369 g/mol. The summed E-state index contributed by atoms with van der Waals surface area (Å²) in [5, 5.41) is 2.50. The quantitative estimate of drug-likeness (QED) is 0.802. The maximum Gasteiger partial charge on any atom is 0.407 e. The highest BCUT2D eigenvalue weighted by molar-refractivity contribution is 9.10. The van der Waals surface area contributed by atoms with Crippen molar-refractivity contribution in [3.05, 3.63) is 69.7 Å². The molecule has 0 radical (unpaired) electrons. The van der Waals surface area contributed by atoms with Crippen LogP contribution in [0.1, 0.15) is 11.1 Å². The first-order valence-electron chi connectivity index (χ1n) is 6.64. The second kappa shape index (κ2) is 7.89. The second-order valence-electron chi connectivity index (χ2n) is 4.60. The van der Waals surface area contributed by atoms with Crippen LogP contribution in [0, 0.1) is 11.6 Å². The number of nitrogens with one attached hydrogen (secondary N) is 1. The molecule has 3 nitrogen and oxygen atoms in total. The molecule has 0 atom stereocenters. The van der Waals surface area contributed by atoms with Gasteiger partial charge >= 0.3 is 6.09 Å². The predicted molar refractivity (Wildman–Crippen MR) is 82.4 cm³/mol. The lowest BCUT2D eigenvalue weighted by molar-refractivity contribution is 0.140. The fourth-order valence-corrected chi connectivity index (χ4v) is 2.14. The van der Waals surface area contributed by atoms with Gasteiger partial charge in [-0.25, -0.2) is 13.6 Å². The third kappa shape index (κ3) is 4.80. The van der Waals surface area contributed by atoms with Gasteiger partial charge in [0.25, 0.3) is 0 Å². The Morgan fingerprint density at radius 3 is 2.59 bits per heavy atom. The summed E-state index contributed by atoms with van der Waals surface area (Å²) in [5.41, 5.74) is 1.07. The van der Waals surface area contributed by atoms with Crippen LogP contribution in [0.25, 0.3) is 0 Å². The smallest absolute Gasteiger partial charge is 0.407 e. The molecule has 0 aliphatic carbocycles. The van der Waals surface area contributed by atoms with Crippen LogP contribution in [0.2, 0.25) is 0 Å². The molecule has 0 unspecified atom stereocenters. The summed E-state index contributed by atoms with van der Waals surface area (Å²) in [6.07, 6.45) is -0.418. The van der Waals surface area contributed by atoms with Gasteiger partial charge in [0.2, 0.25) is 0 Å². The molecule has 0 aromatic heterocycles. The third-order valence-electron chi connectivity index (χ3n) is 2.97. The molecule has 0 bridgehead atoms. The summed E-state index contributed by atoms with van der Waals surface area (Å²) in [4.78, 5) is 11.5. The number of hydrogen-bond donors (Lipinski definition) is 1. The van der Waals surface area contributed by atoms with Crippen molar-refractivity contribution in [2.24, 2.45) is 0 Å². The molecule has 0 fully saturated rings. The number of hydrogen-bond acceptors (Lipinski definition) is 2. The molecule has 0 aliphatic rings. The van der Waals surface area contributed by atoms with Crippen molar-refractivity contribution < 1.29 is 18.3 Å². The van der Waals surface area contributed by atoms with Crippen molar-refractivity contribution in [3.63, 3.8) is 0 Å². The Hall–Kier alpha value is -1.95. The molecule has 2 aromatic rings. The van der Waals surface area contributed by atoms with E-state index in [1.165, 1.54) is 0 Å². The van der Waals surface area contributed by atoms with Gasteiger partial charge in [-0.2, -0.15) is 0 Å². The first kappa shape index (κ1) is 16.4. The molecule has 0 aliphatic heterocycles. The number of ether oxygens (including phenoxy) is 1. The van der Waals surface area contributed by atoms with Crippen molar-refractivity contribution in [1.29, 1.82) is 0 Å². The van der Waals surface area contributed by atoms with Gasteiger partial charge in [-0.1, -0.05) is 30.3 Å². The summed E-state index contributed by atoms with van der Waals surface area (Å²) in [7, 11) is 0. The Morgan fingerprint density at radius 1 is 1.14 bits per heavy atom. The standard InChI is InChI=1S/C16H14BrF2NO2/c17-13-9-14(18)12(8-15(13)19)6-7-20-16(21)22-10-11-4-2-1-3-5-11/h1-5,8-9H,6-7,10H2,(H,20,21). The van der Waals surface area contributed by atoms with E-state index in [9.17, 15) is 13.6 Å². The molecule has 22 heavy (non-hydrogen) atoms. The maximum atomic E-state index is 13.6. The van der Waals surface area contributed by atoms with Crippen LogP contribution in [-0.4, -0.2) is 12.6 Å². The molecule has 0 saturated heterocycles. The van der Waals surface area contributed by atoms with Crippen molar-refractivity contribution in [2.45, 2.75) is 13.0 Å². The van der Waals surface area contributed by atoms with Crippen LogP contribution >= 0.6 is 15.9 Å². The zero-order valence-corrected chi connectivity index (χ0v) is 13.2. The van der Waals surface area contributed by atoms with Crippen molar-refractivity contribution in [2.75, 3.05) is 6.54 Å². The fourth-order valence-electron chi connectivity index (χ4n) is 1.83. The highest BCUT2D eigenvalue weighted by Crippen LogP contribution is 2.20. The lowest BCUT2D eigenvalue weighted by Crippen LogP contribution is -2.26. The normalized spacial score (nSPS) is 10.3. The fraction of sp³-hybridized carbons (Fsp3) is 0.188. The Kier molecular flexibility index (Phi) is 5.89. The van der Waals surface area contributed by atoms with E-state index in [2.05, 4.69) is 21.2 Å². The molecule has 6 heteroatoms. The lowest BCUT2D eigenvalue weighted by Gasteiger charge is -2.08. The van der Waals surface area contributed by atoms with Gasteiger partial charge in [0.05, 0.1) is 4.47 Å². The molecule has 1 amide bonds. The molecule has 1 N–H and O–H groups in total. The molecule has 2 aromatic carbocycles. The molecular weight excluding hydrogens is 356 g/mol. The van der Waals surface area contributed by atoms with Crippen LogP contribution < -0.4 is 5.32 Å². The summed E-state index contributed by atoms with van der Waals surface area (Å²) in [5.74, 6) is -1.06. The van der Waals surface area contributed by atoms with Crippen LogP contribution in [0.5, 0.6) is 0 Å². The number of alkyl carbamates (subject to hydrolysis) is 1. The molecule has 0 spiro atoms. The zero-order chi connectivity index (χ0) is 15.9. The van der Waals surface area contributed by atoms with Crippen LogP contribution in [-0.2, 0) is 17.8 Å². The van der Waals surface area contributed by atoms with E-state index in [1.54, 1.807) is 0 Å². The van der Waals surface area contributed by atoms with Gasteiger partial charge in [0.15, 0.2) is 0 Å². The van der Waals surface area contributed by atoms with Gasteiger partial charge in [0, 0.05) is 6.54 Å². The Bertz CT molecular complexity index is 650. The maximum absolute atomic E-state index is 13.6. The van der Waals surface area contributed by atoms with E-state index in [-0.39, 0.29) is 29.6 Å². The minimum Gasteiger partial charge on any atom is -0.445 e. The zero-order valence-electron chi connectivity index (χ0n) is 11.6. The minimum absolute atomic E-state index is 0.0731. The van der Waals surface area contributed by atoms with Gasteiger partial charge in [0.1, 0.15) is 18.2 Å². The Balaban J connectivity index is 1.76. The van der Waals surface area contributed by atoms with Gasteiger partial charge in [-0.3, -0.25) is 0 Å². The molecule has 0 saturated carbocycles. The third-order valence-corrected chi connectivity index (χ3v) is 3.57. The van der Waals surface area contributed by atoms with Gasteiger partial charge in [-0.05, 0) is 45.6 Å². The summed E-state index contributed by atoms with van der Waals surface area (Å²) < 4.78 is 32.0. The average Bonchev–Trinajstić information content (AvgIpc) is 2.51. The summed E-state index contributed by atoms with van der Waals surface area (Å²) in [6, 6.07) is 11.4. The van der Waals surface area contributed by atoms with Gasteiger partial charge < -0.3 is 10.1 Å². The number of carbonyl (C=O) groups excluding carboxylic acids is 1. The van der Waals surface area contributed by atoms with Crippen LogP contribution in [0.3, 0.4) is 0 Å².